The maximum atomic E-state index is 14.8. The topological polar surface area (TPSA) is 133 Å². The number of rotatable bonds is 5. The van der Waals surface area contributed by atoms with Crippen LogP contribution in [0.2, 0.25) is 0 Å². The fourth-order valence-corrected chi connectivity index (χ4v) is 3.97. The highest BCUT2D eigenvalue weighted by molar-refractivity contribution is 5.88. The van der Waals surface area contributed by atoms with E-state index in [1.165, 1.54) is 18.2 Å². The summed E-state index contributed by atoms with van der Waals surface area (Å²) in [6.45, 7) is 0. The van der Waals surface area contributed by atoms with Crippen LogP contribution in [0, 0.1) is 5.82 Å². The van der Waals surface area contributed by atoms with E-state index in [4.69, 9.17) is 5.11 Å². The minimum Gasteiger partial charge on any atom is -0.465 e. The Hall–Kier alpha value is -4.94. The van der Waals surface area contributed by atoms with Gasteiger partial charge >= 0.3 is 12.5 Å². The van der Waals surface area contributed by atoms with Gasteiger partial charge in [0.05, 0.1) is 22.1 Å². The molecule has 0 aliphatic rings. The number of hydrogen-bond acceptors (Lipinski definition) is 5. The lowest BCUT2D eigenvalue weighted by Crippen LogP contribution is -2.17. The van der Waals surface area contributed by atoms with Crippen LogP contribution in [0.5, 0.6) is 5.75 Å². The van der Waals surface area contributed by atoms with Crippen molar-refractivity contribution in [2.45, 2.75) is 12.8 Å². The molecular formula is C24H15F4N5O4. The first-order valence-electron chi connectivity index (χ1n) is 10.6. The van der Waals surface area contributed by atoms with E-state index >= 15 is 0 Å². The van der Waals surface area contributed by atoms with Gasteiger partial charge in [-0.3, -0.25) is 10.1 Å². The van der Waals surface area contributed by atoms with Crippen molar-refractivity contribution in [2.75, 3.05) is 5.32 Å². The summed E-state index contributed by atoms with van der Waals surface area (Å²) >= 11 is 0. The fraction of sp³-hybridized carbons (Fsp3) is 0.0833. The minimum absolute atomic E-state index is 0.0127. The fourth-order valence-electron chi connectivity index (χ4n) is 3.97. The molecule has 0 fully saturated rings. The molecule has 9 nitrogen and oxygen atoms in total. The predicted molar refractivity (Wildman–Crippen MR) is 125 cm³/mol. The third-order valence-electron chi connectivity index (χ3n) is 5.49. The molecule has 5 rings (SSSR count). The molecule has 188 valence electrons. The first-order chi connectivity index (χ1) is 17.6. The number of ether oxygens (including phenoxy) is 1. The number of anilines is 1. The van der Waals surface area contributed by atoms with Crippen LogP contribution in [0.4, 0.5) is 28.3 Å². The molecule has 1 amide bonds. The number of imidazole rings is 1. The van der Waals surface area contributed by atoms with E-state index in [9.17, 15) is 27.2 Å². The molecule has 4 N–H and O–H groups in total. The van der Waals surface area contributed by atoms with Crippen molar-refractivity contribution < 1.29 is 32.2 Å². The third-order valence-corrected chi connectivity index (χ3v) is 5.49. The molecule has 5 aromatic rings. The van der Waals surface area contributed by atoms with E-state index in [2.05, 4.69) is 30.2 Å². The van der Waals surface area contributed by atoms with E-state index in [0.717, 1.165) is 12.1 Å². The van der Waals surface area contributed by atoms with Gasteiger partial charge in [0.15, 0.2) is 0 Å². The molecule has 0 aliphatic heterocycles. The number of alkyl halides is 3. The summed E-state index contributed by atoms with van der Waals surface area (Å²) < 4.78 is 56.8. The molecule has 0 atom stereocenters. The standard InChI is InChI=1S/C24H15F4N5O4/c25-17-5-1-11(7-15(17)12-2-6-18-20(9-12)30-22(29-18)31-23(35)36)8-19-16-10-13(37-24(26,27)28)3-4-14(16)21(34)33-32-19/h1-7,9-10H,8H2,(H,33,34)(H,35,36)(H2,29,30,31). The zero-order chi connectivity index (χ0) is 26.3. The molecular weight excluding hydrogens is 498 g/mol. The number of amides is 1. The molecule has 0 saturated heterocycles. The van der Waals surface area contributed by atoms with Gasteiger partial charge in [0.2, 0.25) is 5.95 Å². The largest absolute Gasteiger partial charge is 0.573 e. The first-order valence-corrected chi connectivity index (χ1v) is 10.6. The molecule has 37 heavy (non-hydrogen) atoms. The van der Waals surface area contributed by atoms with Gasteiger partial charge in [0.1, 0.15) is 11.6 Å². The number of nitrogens with one attached hydrogen (secondary N) is 3. The summed E-state index contributed by atoms with van der Waals surface area (Å²) in [4.78, 5) is 29.9. The summed E-state index contributed by atoms with van der Waals surface area (Å²) in [5.74, 6) is -1.02. The SMILES string of the molecule is O=C(O)Nc1nc2ccc(-c3cc(Cc4n[nH]c(=O)c5ccc(OC(F)(F)F)cc45)ccc3F)cc2[nH]1. The maximum absolute atomic E-state index is 14.8. The molecule has 0 aliphatic carbocycles. The quantitative estimate of drug-likeness (QED) is 0.239. The van der Waals surface area contributed by atoms with Gasteiger partial charge in [0, 0.05) is 17.4 Å². The predicted octanol–water partition coefficient (Wildman–Crippen LogP) is 5.18. The normalized spacial score (nSPS) is 11.7. The highest BCUT2D eigenvalue weighted by atomic mass is 19.4. The van der Waals surface area contributed by atoms with E-state index in [-0.39, 0.29) is 34.4 Å². The number of hydrogen-bond donors (Lipinski definition) is 4. The molecule has 0 radical (unpaired) electrons. The van der Waals surface area contributed by atoms with Crippen LogP contribution >= 0.6 is 0 Å². The number of carboxylic acid groups (broad SMARTS) is 1. The zero-order valence-corrected chi connectivity index (χ0v) is 18.5. The van der Waals surface area contributed by atoms with Crippen molar-refractivity contribution >= 4 is 33.8 Å². The number of nitrogens with zero attached hydrogens (tertiary/aromatic N) is 2. The van der Waals surface area contributed by atoms with Crippen LogP contribution in [0.3, 0.4) is 0 Å². The number of fused-ring (bicyclic) bond motifs is 2. The molecule has 2 heterocycles. The summed E-state index contributed by atoms with van der Waals surface area (Å²) in [5.41, 5.74) is 1.86. The molecule has 0 saturated carbocycles. The second-order valence-corrected chi connectivity index (χ2v) is 7.99. The average Bonchev–Trinajstić information content (AvgIpc) is 3.21. The van der Waals surface area contributed by atoms with E-state index < -0.39 is 29.6 Å². The van der Waals surface area contributed by atoms with Gasteiger partial charge in [-0.1, -0.05) is 12.1 Å². The van der Waals surface area contributed by atoms with Crippen LogP contribution in [0.15, 0.2) is 59.4 Å². The van der Waals surface area contributed by atoms with Gasteiger partial charge in [0.25, 0.3) is 5.56 Å². The second-order valence-electron chi connectivity index (χ2n) is 7.99. The Balaban J connectivity index is 1.51. The minimum atomic E-state index is -4.91. The van der Waals surface area contributed by atoms with Gasteiger partial charge in [-0.25, -0.2) is 19.3 Å². The lowest BCUT2D eigenvalue weighted by molar-refractivity contribution is -0.274. The molecule has 0 unspecified atom stereocenters. The van der Waals surface area contributed by atoms with Crippen LogP contribution in [0.1, 0.15) is 11.3 Å². The average molecular weight is 513 g/mol. The number of halogens is 4. The maximum Gasteiger partial charge on any atom is 0.573 e. The molecule has 0 bridgehead atoms. The van der Waals surface area contributed by atoms with Crippen molar-refractivity contribution in [3.8, 4) is 16.9 Å². The number of carbonyl (C=O) groups is 1. The highest BCUT2D eigenvalue weighted by Gasteiger charge is 2.31. The van der Waals surface area contributed by atoms with E-state index in [1.807, 2.05) is 0 Å². The smallest absolute Gasteiger partial charge is 0.465 e. The van der Waals surface area contributed by atoms with Gasteiger partial charge < -0.3 is 14.8 Å². The molecule has 0 spiro atoms. The summed E-state index contributed by atoms with van der Waals surface area (Å²) in [6.07, 6.45) is -6.14. The Morgan fingerprint density at radius 1 is 1.05 bits per heavy atom. The Kier molecular flexibility index (Phi) is 5.74. The summed E-state index contributed by atoms with van der Waals surface area (Å²) in [5, 5.41) is 17.6. The van der Waals surface area contributed by atoms with Crippen molar-refractivity contribution in [1.82, 2.24) is 20.2 Å². The van der Waals surface area contributed by atoms with E-state index in [1.54, 1.807) is 24.3 Å². The van der Waals surface area contributed by atoms with Crippen LogP contribution in [0.25, 0.3) is 32.9 Å². The Labute approximate surface area is 203 Å². The second kappa shape index (κ2) is 8.93. The molecule has 13 heteroatoms. The van der Waals surface area contributed by atoms with Gasteiger partial charge in [-0.2, -0.15) is 5.10 Å². The first kappa shape index (κ1) is 23.8. The van der Waals surface area contributed by atoms with Crippen molar-refractivity contribution in [2.24, 2.45) is 0 Å². The Bertz CT molecular complexity index is 1730. The molecule has 2 aromatic heterocycles. The van der Waals surface area contributed by atoms with Crippen LogP contribution < -0.4 is 15.6 Å². The monoisotopic (exact) mass is 513 g/mol. The zero-order valence-electron chi connectivity index (χ0n) is 18.5. The summed E-state index contributed by atoms with van der Waals surface area (Å²) in [7, 11) is 0. The van der Waals surface area contributed by atoms with Crippen molar-refractivity contribution in [1.29, 1.82) is 0 Å². The van der Waals surface area contributed by atoms with Crippen molar-refractivity contribution in [3.05, 3.63) is 82.0 Å². The van der Waals surface area contributed by atoms with Crippen molar-refractivity contribution in [3.63, 3.8) is 0 Å². The number of aromatic amines is 2. The lowest BCUT2D eigenvalue weighted by Gasteiger charge is -2.11. The van der Waals surface area contributed by atoms with Crippen LogP contribution in [-0.4, -0.2) is 37.7 Å². The summed E-state index contributed by atoms with van der Waals surface area (Å²) in [6, 6.07) is 12.4. The number of H-pyrrole nitrogens is 2. The molecule has 3 aromatic carbocycles. The third kappa shape index (κ3) is 5.05. The van der Waals surface area contributed by atoms with Gasteiger partial charge in [-0.15, -0.1) is 13.2 Å². The number of aromatic nitrogens is 4. The number of benzene rings is 3. The van der Waals surface area contributed by atoms with E-state index in [0.29, 0.717) is 22.2 Å². The Morgan fingerprint density at radius 3 is 2.62 bits per heavy atom. The highest BCUT2D eigenvalue weighted by Crippen LogP contribution is 2.30. The van der Waals surface area contributed by atoms with Crippen LogP contribution in [-0.2, 0) is 6.42 Å². The van der Waals surface area contributed by atoms with Gasteiger partial charge in [-0.05, 0) is 53.6 Å². The Morgan fingerprint density at radius 2 is 1.86 bits per heavy atom. The lowest BCUT2D eigenvalue weighted by atomic mass is 9.98.